The SMILES string of the molecule is N#Cc1c(/C=C/c2ccccc2CCS(=O)(=O)O)[nH]c(=S)[nH]c1=O. The monoisotopic (exact) mass is 363 g/mol. The van der Waals surface area contributed by atoms with Crippen LogP contribution in [0.1, 0.15) is 22.4 Å². The van der Waals surface area contributed by atoms with E-state index in [1.807, 2.05) is 0 Å². The molecule has 0 aliphatic heterocycles. The molecule has 1 aromatic heterocycles. The summed E-state index contributed by atoms with van der Waals surface area (Å²) in [6.07, 6.45) is 3.30. The molecule has 0 atom stereocenters. The summed E-state index contributed by atoms with van der Waals surface area (Å²) in [4.78, 5) is 16.7. The van der Waals surface area contributed by atoms with Gasteiger partial charge in [0.1, 0.15) is 11.6 Å². The van der Waals surface area contributed by atoms with Crippen molar-refractivity contribution >= 4 is 34.5 Å². The fraction of sp³-hybridized carbons (Fsp3) is 0.133. The van der Waals surface area contributed by atoms with Crippen LogP contribution in [0.25, 0.3) is 12.2 Å². The molecule has 1 aromatic carbocycles. The van der Waals surface area contributed by atoms with Crippen molar-refractivity contribution in [2.24, 2.45) is 0 Å². The lowest BCUT2D eigenvalue weighted by atomic mass is 10.0. The number of rotatable bonds is 5. The van der Waals surface area contributed by atoms with Crippen LogP contribution in [0.2, 0.25) is 0 Å². The summed E-state index contributed by atoms with van der Waals surface area (Å²) in [7, 11) is -4.06. The van der Waals surface area contributed by atoms with Gasteiger partial charge < -0.3 is 4.98 Å². The number of aryl methyl sites for hydroxylation is 1. The zero-order valence-corrected chi connectivity index (χ0v) is 13.9. The Morgan fingerprint density at radius 1 is 1.25 bits per heavy atom. The summed E-state index contributed by atoms with van der Waals surface area (Å²) in [5, 5.41) is 9.06. The minimum atomic E-state index is -4.06. The zero-order valence-electron chi connectivity index (χ0n) is 12.3. The highest BCUT2D eigenvalue weighted by Crippen LogP contribution is 2.14. The molecular formula is C15H13N3O4S2. The van der Waals surface area contributed by atoms with Crippen LogP contribution in [-0.2, 0) is 16.5 Å². The van der Waals surface area contributed by atoms with E-state index in [0.29, 0.717) is 11.1 Å². The van der Waals surface area contributed by atoms with Gasteiger partial charge in [-0.2, -0.15) is 13.7 Å². The summed E-state index contributed by atoms with van der Waals surface area (Å²) in [6.45, 7) is 0. The van der Waals surface area contributed by atoms with Crippen LogP contribution in [0.5, 0.6) is 0 Å². The molecule has 2 aromatic rings. The molecule has 0 saturated carbocycles. The third-order valence-corrected chi connectivity index (χ3v) is 4.12. The molecule has 0 radical (unpaired) electrons. The maximum atomic E-state index is 11.7. The smallest absolute Gasteiger partial charge is 0.270 e. The van der Waals surface area contributed by atoms with E-state index in [9.17, 15) is 13.2 Å². The lowest BCUT2D eigenvalue weighted by Gasteiger charge is -2.05. The van der Waals surface area contributed by atoms with E-state index in [1.54, 1.807) is 36.4 Å². The highest BCUT2D eigenvalue weighted by atomic mass is 32.2. The van der Waals surface area contributed by atoms with E-state index >= 15 is 0 Å². The van der Waals surface area contributed by atoms with Gasteiger partial charge in [-0.25, -0.2) is 0 Å². The van der Waals surface area contributed by atoms with Gasteiger partial charge in [0.2, 0.25) is 0 Å². The summed E-state index contributed by atoms with van der Waals surface area (Å²) in [5.41, 5.74) is 0.976. The van der Waals surface area contributed by atoms with Gasteiger partial charge in [0.15, 0.2) is 4.77 Å². The minimum Gasteiger partial charge on any atom is -0.331 e. The molecule has 24 heavy (non-hydrogen) atoms. The number of hydrogen-bond acceptors (Lipinski definition) is 5. The van der Waals surface area contributed by atoms with Crippen LogP contribution in [0.4, 0.5) is 0 Å². The lowest BCUT2D eigenvalue weighted by Crippen LogP contribution is -2.13. The average Bonchev–Trinajstić information content (AvgIpc) is 2.50. The Morgan fingerprint density at radius 2 is 1.96 bits per heavy atom. The normalized spacial score (nSPS) is 11.5. The summed E-state index contributed by atoms with van der Waals surface area (Å²) in [6, 6.07) is 8.80. The summed E-state index contributed by atoms with van der Waals surface area (Å²) < 4.78 is 30.8. The highest BCUT2D eigenvalue weighted by molar-refractivity contribution is 7.85. The molecular weight excluding hydrogens is 350 g/mol. The predicted octanol–water partition coefficient (Wildman–Crippen LogP) is 1.90. The van der Waals surface area contributed by atoms with Gasteiger partial charge in [0.25, 0.3) is 15.7 Å². The maximum absolute atomic E-state index is 11.7. The number of H-pyrrole nitrogens is 2. The van der Waals surface area contributed by atoms with Gasteiger partial charge in [-0.05, 0) is 35.8 Å². The van der Waals surface area contributed by atoms with Gasteiger partial charge in [-0.15, -0.1) is 0 Å². The molecule has 0 spiro atoms. The number of benzene rings is 1. The van der Waals surface area contributed by atoms with Crippen molar-refractivity contribution in [2.45, 2.75) is 6.42 Å². The first-order chi connectivity index (χ1) is 11.3. The van der Waals surface area contributed by atoms with Crippen molar-refractivity contribution in [2.75, 3.05) is 5.75 Å². The molecule has 0 amide bonds. The second kappa shape index (κ2) is 7.35. The lowest BCUT2D eigenvalue weighted by molar-refractivity contribution is 0.482. The number of nitriles is 1. The van der Waals surface area contributed by atoms with E-state index in [4.69, 9.17) is 22.0 Å². The van der Waals surface area contributed by atoms with Gasteiger partial charge in [-0.1, -0.05) is 30.3 Å². The first kappa shape index (κ1) is 17.8. The second-order valence-corrected chi connectivity index (χ2v) is 6.86. The number of nitrogens with zero attached hydrogens (tertiary/aromatic N) is 1. The number of hydrogen-bond donors (Lipinski definition) is 3. The molecule has 124 valence electrons. The van der Waals surface area contributed by atoms with Crippen molar-refractivity contribution in [1.82, 2.24) is 9.97 Å². The van der Waals surface area contributed by atoms with Gasteiger partial charge in [-0.3, -0.25) is 14.3 Å². The van der Waals surface area contributed by atoms with Crippen molar-refractivity contribution in [3.8, 4) is 6.07 Å². The molecule has 1 heterocycles. The molecule has 0 aliphatic rings. The Kier molecular flexibility index (Phi) is 5.46. The summed E-state index contributed by atoms with van der Waals surface area (Å²) >= 11 is 4.88. The largest absolute Gasteiger partial charge is 0.331 e. The van der Waals surface area contributed by atoms with Crippen molar-refractivity contribution < 1.29 is 13.0 Å². The molecule has 7 nitrogen and oxygen atoms in total. The molecule has 9 heteroatoms. The highest BCUT2D eigenvalue weighted by Gasteiger charge is 2.08. The van der Waals surface area contributed by atoms with E-state index in [0.717, 1.165) is 0 Å². The predicted molar refractivity (Wildman–Crippen MR) is 92.5 cm³/mol. The topological polar surface area (TPSA) is 127 Å². The third-order valence-electron chi connectivity index (χ3n) is 3.20. The molecule has 0 bridgehead atoms. The molecule has 0 saturated heterocycles. The first-order valence-electron chi connectivity index (χ1n) is 6.78. The Balaban J connectivity index is 2.39. The molecule has 2 rings (SSSR count). The van der Waals surface area contributed by atoms with E-state index < -0.39 is 21.4 Å². The fourth-order valence-corrected chi connectivity index (χ4v) is 2.76. The Morgan fingerprint density at radius 3 is 2.62 bits per heavy atom. The molecule has 0 fully saturated rings. The van der Waals surface area contributed by atoms with Crippen LogP contribution >= 0.6 is 12.2 Å². The van der Waals surface area contributed by atoms with Crippen molar-refractivity contribution in [3.05, 3.63) is 61.8 Å². The minimum absolute atomic E-state index is 0.0957. The fourth-order valence-electron chi connectivity index (χ4n) is 2.08. The maximum Gasteiger partial charge on any atom is 0.270 e. The Bertz CT molecular complexity index is 1040. The molecule has 0 unspecified atom stereocenters. The first-order valence-corrected chi connectivity index (χ1v) is 8.80. The van der Waals surface area contributed by atoms with E-state index in [2.05, 4.69) is 9.97 Å². The summed E-state index contributed by atoms with van der Waals surface area (Å²) in [5.74, 6) is -0.394. The van der Waals surface area contributed by atoms with Crippen LogP contribution in [-0.4, -0.2) is 28.7 Å². The van der Waals surface area contributed by atoms with Crippen molar-refractivity contribution in [3.63, 3.8) is 0 Å². The van der Waals surface area contributed by atoms with Gasteiger partial charge in [0, 0.05) is 0 Å². The Labute approximate surface area is 143 Å². The van der Waals surface area contributed by atoms with Crippen molar-refractivity contribution in [1.29, 1.82) is 5.26 Å². The quantitative estimate of drug-likeness (QED) is 0.550. The standard InChI is InChI=1S/C15H13N3O4S2/c16-9-12-13(17-15(23)18-14(12)19)6-5-10-3-1-2-4-11(10)7-8-24(20,21)22/h1-6H,7-8H2,(H,20,21,22)(H2,17,18,19,23)/b6-5+. The number of aromatic amines is 2. The van der Waals surface area contributed by atoms with Crippen LogP contribution in [0.15, 0.2) is 29.1 Å². The number of nitrogens with one attached hydrogen (secondary N) is 2. The van der Waals surface area contributed by atoms with Crippen LogP contribution < -0.4 is 5.56 Å². The number of aromatic nitrogens is 2. The van der Waals surface area contributed by atoms with Crippen LogP contribution in [0, 0.1) is 16.1 Å². The third kappa shape index (κ3) is 4.73. The van der Waals surface area contributed by atoms with E-state index in [1.165, 1.54) is 6.08 Å². The zero-order chi connectivity index (χ0) is 17.7. The second-order valence-electron chi connectivity index (χ2n) is 4.88. The average molecular weight is 363 g/mol. The van der Waals surface area contributed by atoms with Crippen LogP contribution in [0.3, 0.4) is 0 Å². The van der Waals surface area contributed by atoms with Gasteiger partial charge in [0.05, 0.1) is 11.4 Å². The molecule has 0 aliphatic carbocycles. The van der Waals surface area contributed by atoms with E-state index in [-0.39, 0.29) is 22.4 Å². The van der Waals surface area contributed by atoms with Gasteiger partial charge >= 0.3 is 0 Å². The molecule has 3 N–H and O–H groups in total. The Hall–Kier alpha value is -2.54.